The van der Waals surface area contributed by atoms with E-state index >= 15 is 0 Å². The monoisotopic (exact) mass is 344 g/mol. The summed E-state index contributed by atoms with van der Waals surface area (Å²) in [6.45, 7) is 5.07. The molecule has 0 aliphatic carbocycles. The Labute approximate surface area is 147 Å². The van der Waals surface area contributed by atoms with E-state index in [1.807, 2.05) is 30.3 Å². The number of ether oxygens (including phenoxy) is 1. The second kappa shape index (κ2) is 7.25. The molecule has 134 valence electrons. The molecule has 0 saturated carbocycles. The molecule has 1 aromatic rings. The maximum absolute atomic E-state index is 12.9. The molecule has 0 aromatic heterocycles. The number of amides is 1. The van der Waals surface area contributed by atoms with Crippen molar-refractivity contribution in [2.45, 2.75) is 38.7 Å². The Balaban J connectivity index is 1.58. The highest BCUT2D eigenvalue weighted by Gasteiger charge is 2.45. The van der Waals surface area contributed by atoms with Gasteiger partial charge >= 0.3 is 5.97 Å². The summed E-state index contributed by atoms with van der Waals surface area (Å²) in [7, 11) is 0. The molecule has 0 bridgehead atoms. The van der Waals surface area contributed by atoms with E-state index in [1.54, 1.807) is 18.7 Å². The Bertz CT molecular complexity index is 665. The highest BCUT2D eigenvalue weighted by molar-refractivity contribution is 6.05. The van der Waals surface area contributed by atoms with Gasteiger partial charge in [0.05, 0.1) is 18.2 Å². The van der Waals surface area contributed by atoms with E-state index in [9.17, 15) is 9.59 Å². The minimum atomic E-state index is -0.970. The first-order valence-electron chi connectivity index (χ1n) is 8.80. The predicted octanol–water partition coefficient (Wildman–Crippen LogP) is 2.37. The third-order valence-corrected chi connectivity index (χ3v) is 4.82. The van der Waals surface area contributed by atoms with Gasteiger partial charge in [0.15, 0.2) is 0 Å². The fraction of sp³-hybridized carbons (Fsp3) is 0.526. The van der Waals surface area contributed by atoms with Crippen LogP contribution in [0.2, 0.25) is 0 Å². The highest BCUT2D eigenvalue weighted by atomic mass is 16.7. The van der Waals surface area contributed by atoms with Crippen LogP contribution >= 0.6 is 0 Å². The Morgan fingerprint density at radius 1 is 1.28 bits per heavy atom. The van der Waals surface area contributed by atoms with Gasteiger partial charge in [0, 0.05) is 19.5 Å². The van der Waals surface area contributed by atoms with Crippen LogP contribution in [0.3, 0.4) is 0 Å². The summed E-state index contributed by atoms with van der Waals surface area (Å²) in [5.74, 6) is -0.338. The molecule has 0 spiro atoms. The summed E-state index contributed by atoms with van der Waals surface area (Å²) in [6, 6.07) is 9.75. The molecule has 6 nitrogen and oxygen atoms in total. The number of benzene rings is 1. The average molecular weight is 344 g/mol. The molecular formula is C19H24N2O4. The zero-order valence-electron chi connectivity index (χ0n) is 14.7. The molecule has 2 heterocycles. The van der Waals surface area contributed by atoms with Gasteiger partial charge in [-0.15, -0.1) is 0 Å². The average Bonchev–Trinajstić information content (AvgIpc) is 3.06. The van der Waals surface area contributed by atoms with Crippen molar-refractivity contribution in [3.8, 4) is 0 Å². The van der Waals surface area contributed by atoms with Crippen LogP contribution in [0.1, 0.15) is 38.7 Å². The lowest BCUT2D eigenvalue weighted by Gasteiger charge is -2.34. The van der Waals surface area contributed by atoms with Crippen molar-refractivity contribution in [3.05, 3.63) is 35.9 Å². The zero-order valence-corrected chi connectivity index (χ0v) is 14.7. The normalized spacial score (nSPS) is 23.8. The molecule has 25 heavy (non-hydrogen) atoms. The summed E-state index contributed by atoms with van der Waals surface area (Å²) >= 11 is 0. The molecule has 2 aliphatic heterocycles. The number of carbonyl (C=O) groups excluding carboxylic acids is 2. The third-order valence-electron chi connectivity index (χ3n) is 4.82. The number of rotatable bonds is 4. The van der Waals surface area contributed by atoms with Gasteiger partial charge in [0.2, 0.25) is 5.60 Å². The van der Waals surface area contributed by atoms with Crippen LogP contribution in [-0.4, -0.2) is 47.8 Å². The Morgan fingerprint density at radius 2 is 1.96 bits per heavy atom. The molecule has 6 heteroatoms. The topological polar surface area (TPSA) is 68.2 Å². The molecule has 0 N–H and O–H groups in total. The zero-order chi connectivity index (χ0) is 17.9. The molecule has 1 amide bonds. The lowest BCUT2D eigenvalue weighted by atomic mass is 9.92. The lowest BCUT2D eigenvalue weighted by Crippen LogP contribution is -2.50. The largest absolute Gasteiger partial charge is 0.466 e. The van der Waals surface area contributed by atoms with E-state index in [0.717, 1.165) is 11.3 Å². The molecule has 2 aliphatic rings. The fourth-order valence-corrected chi connectivity index (χ4v) is 3.35. The maximum atomic E-state index is 12.9. The lowest BCUT2D eigenvalue weighted by molar-refractivity contribution is -0.158. The summed E-state index contributed by atoms with van der Waals surface area (Å²) < 4.78 is 5.07. The van der Waals surface area contributed by atoms with Gasteiger partial charge in [-0.05, 0) is 32.3 Å². The number of oxime groups is 1. The van der Waals surface area contributed by atoms with Crippen LogP contribution in [0, 0.1) is 5.92 Å². The molecule has 0 radical (unpaired) electrons. The van der Waals surface area contributed by atoms with Crippen molar-refractivity contribution in [2.75, 3.05) is 19.7 Å². The first-order valence-corrected chi connectivity index (χ1v) is 8.80. The summed E-state index contributed by atoms with van der Waals surface area (Å²) in [5.41, 5.74) is 0.792. The molecule has 1 aromatic carbocycles. The van der Waals surface area contributed by atoms with E-state index in [1.165, 1.54) is 0 Å². The SMILES string of the molecule is CCOC(=O)C1CCN(C(=O)C2(C)CC(c3ccccc3)=NO2)CC1. The van der Waals surface area contributed by atoms with Crippen LogP contribution < -0.4 is 0 Å². The van der Waals surface area contributed by atoms with Crippen molar-refractivity contribution >= 4 is 17.6 Å². The van der Waals surface area contributed by atoms with Gasteiger partial charge < -0.3 is 14.5 Å². The first-order chi connectivity index (χ1) is 12.0. The Morgan fingerprint density at radius 3 is 2.60 bits per heavy atom. The van der Waals surface area contributed by atoms with Crippen molar-refractivity contribution in [2.24, 2.45) is 11.1 Å². The quantitative estimate of drug-likeness (QED) is 0.787. The summed E-state index contributed by atoms with van der Waals surface area (Å²) in [6.07, 6.45) is 1.72. The van der Waals surface area contributed by atoms with Crippen LogP contribution in [0.15, 0.2) is 35.5 Å². The van der Waals surface area contributed by atoms with Gasteiger partial charge in [0.25, 0.3) is 5.91 Å². The van der Waals surface area contributed by atoms with Gasteiger partial charge in [-0.2, -0.15) is 0 Å². The van der Waals surface area contributed by atoms with Crippen LogP contribution in [0.5, 0.6) is 0 Å². The molecule has 1 atom stereocenters. The van der Waals surface area contributed by atoms with E-state index < -0.39 is 5.60 Å². The number of likely N-dealkylation sites (tertiary alicyclic amines) is 1. The number of esters is 1. The molecule has 1 fully saturated rings. The van der Waals surface area contributed by atoms with E-state index in [0.29, 0.717) is 39.0 Å². The van der Waals surface area contributed by atoms with Crippen molar-refractivity contribution < 1.29 is 19.2 Å². The highest BCUT2D eigenvalue weighted by Crippen LogP contribution is 2.30. The van der Waals surface area contributed by atoms with E-state index in [2.05, 4.69) is 5.16 Å². The van der Waals surface area contributed by atoms with Crippen LogP contribution in [0.4, 0.5) is 0 Å². The predicted molar refractivity (Wildman–Crippen MR) is 93.0 cm³/mol. The molecular weight excluding hydrogens is 320 g/mol. The number of hydrogen-bond donors (Lipinski definition) is 0. The van der Waals surface area contributed by atoms with Crippen molar-refractivity contribution in [1.82, 2.24) is 4.90 Å². The van der Waals surface area contributed by atoms with E-state index in [-0.39, 0.29) is 17.8 Å². The number of hydrogen-bond acceptors (Lipinski definition) is 5. The Kier molecular flexibility index (Phi) is 5.06. The van der Waals surface area contributed by atoms with Crippen molar-refractivity contribution in [3.63, 3.8) is 0 Å². The summed E-state index contributed by atoms with van der Waals surface area (Å²) in [4.78, 5) is 32.1. The number of piperidine rings is 1. The number of nitrogens with zero attached hydrogens (tertiary/aromatic N) is 2. The standard InChI is InChI=1S/C19H24N2O4/c1-3-24-17(22)15-9-11-21(12-10-15)18(23)19(2)13-16(20-25-19)14-7-5-4-6-8-14/h4-8,15H,3,9-13H2,1-2H3. The molecule has 1 unspecified atom stereocenters. The van der Waals surface area contributed by atoms with Gasteiger partial charge in [-0.1, -0.05) is 35.5 Å². The first kappa shape index (κ1) is 17.5. The smallest absolute Gasteiger partial charge is 0.309 e. The van der Waals surface area contributed by atoms with Gasteiger partial charge in [0.1, 0.15) is 0 Å². The maximum Gasteiger partial charge on any atom is 0.309 e. The second-order valence-electron chi connectivity index (χ2n) is 6.72. The van der Waals surface area contributed by atoms with E-state index in [4.69, 9.17) is 9.57 Å². The van der Waals surface area contributed by atoms with Crippen LogP contribution in [-0.2, 0) is 19.2 Å². The fourth-order valence-electron chi connectivity index (χ4n) is 3.35. The third kappa shape index (κ3) is 3.67. The second-order valence-corrected chi connectivity index (χ2v) is 6.72. The number of carbonyl (C=O) groups is 2. The van der Waals surface area contributed by atoms with Crippen LogP contribution in [0.25, 0.3) is 0 Å². The summed E-state index contributed by atoms with van der Waals surface area (Å²) in [5, 5.41) is 4.14. The minimum absolute atomic E-state index is 0.0653. The molecule has 1 saturated heterocycles. The van der Waals surface area contributed by atoms with Gasteiger partial charge in [-0.25, -0.2) is 0 Å². The molecule has 3 rings (SSSR count). The van der Waals surface area contributed by atoms with Crippen molar-refractivity contribution in [1.29, 1.82) is 0 Å². The Hall–Kier alpha value is -2.37. The van der Waals surface area contributed by atoms with Gasteiger partial charge in [-0.3, -0.25) is 9.59 Å². The minimum Gasteiger partial charge on any atom is -0.466 e.